The monoisotopic (exact) mass is 373 g/mol. The van der Waals surface area contributed by atoms with Crippen molar-refractivity contribution in [2.45, 2.75) is 28.5 Å². The first-order chi connectivity index (χ1) is 12.3. The van der Waals surface area contributed by atoms with Crippen molar-refractivity contribution < 1.29 is 4.74 Å². The number of fused-ring (bicyclic) bond motifs is 2. The van der Waals surface area contributed by atoms with Gasteiger partial charge in [0.25, 0.3) is 0 Å². The van der Waals surface area contributed by atoms with Crippen LogP contribution >= 0.6 is 23.1 Å². The number of aryl methyl sites for hydroxylation is 1. The Bertz CT molecular complexity index is 787. The van der Waals surface area contributed by atoms with Crippen LogP contribution in [-0.4, -0.2) is 45.6 Å². The van der Waals surface area contributed by atoms with E-state index in [1.54, 1.807) is 7.11 Å². The van der Waals surface area contributed by atoms with Gasteiger partial charge in [-0.05, 0) is 25.5 Å². The van der Waals surface area contributed by atoms with E-state index < -0.39 is 0 Å². The maximum absolute atomic E-state index is 5.26. The van der Waals surface area contributed by atoms with Gasteiger partial charge in [0.05, 0.1) is 15.6 Å². The minimum Gasteiger partial charge on any atom is -0.385 e. The maximum atomic E-state index is 5.26. The summed E-state index contributed by atoms with van der Waals surface area (Å²) in [6, 6.07) is 8.88. The SMILES string of the molecule is COCC[C@H]1CN(c2c(C)sc3c2C=Nc2ccccc2S3)CCN1. The summed E-state index contributed by atoms with van der Waals surface area (Å²) in [5, 5.41) is 3.61. The number of methoxy groups -OCH3 is 1. The fraction of sp³-hybridized carbons (Fsp3) is 0.421. The normalized spacial score (nSPS) is 19.4. The third kappa shape index (κ3) is 3.49. The Hall–Kier alpha value is -1.34. The summed E-state index contributed by atoms with van der Waals surface area (Å²) in [7, 11) is 1.77. The Kier molecular flexibility index (Phi) is 5.12. The van der Waals surface area contributed by atoms with Gasteiger partial charge in [-0.2, -0.15) is 0 Å². The number of nitrogens with one attached hydrogen (secondary N) is 1. The topological polar surface area (TPSA) is 36.9 Å². The van der Waals surface area contributed by atoms with Crippen molar-refractivity contribution in [1.82, 2.24) is 5.32 Å². The number of ether oxygens (including phenoxy) is 1. The minimum atomic E-state index is 0.483. The van der Waals surface area contributed by atoms with Gasteiger partial charge in [-0.1, -0.05) is 23.9 Å². The second-order valence-electron chi connectivity index (χ2n) is 6.41. The molecule has 132 valence electrons. The molecule has 1 atom stereocenters. The Morgan fingerprint density at radius 3 is 3.12 bits per heavy atom. The molecule has 25 heavy (non-hydrogen) atoms. The summed E-state index contributed by atoms with van der Waals surface area (Å²) in [6.45, 7) is 6.13. The van der Waals surface area contributed by atoms with E-state index in [1.807, 2.05) is 23.1 Å². The number of benzene rings is 1. The van der Waals surface area contributed by atoms with E-state index in [9.17, 15) is 0 Å². The number of para-hydroxylation sites is 1. The van der Waals surface area contributed by atoms with Crippen LogP contribution in [0, 0.1) is 6.92 Å². The molecule has 0 amide bonds. The average Bonchev–Trinajstić information content (AvgIpc) is 2.83. The molecule has 2 aliphatic heterocycles. The van der Waals surface area contributed by atoms with Gasteiger partial charge in [-0.15, -0.1) is 11.3 Å². The van der Waals surface area contributed by atoms with E-state index in [-0.39, 0.29) is 0 Å². The molecular weight excluding hydrogens is 350 g/mol. The van der Waals surface area contributed by atoms with Crippen molar-refractivity contribution in [2.24, 2.45) is 4.99 Å². The van der Waals surface area contributed by atoms with E-state index >= 15 is 0 Å². The van der Waals surface area contributed by atoms with Gasteiger partial charge in [0.1, 0.15) is 0 Å². The largest absolute Gasteiger partial charge is 0.385 e. The maximum Gasteiger partial charge on any atom is 0.0769 e. The standard InChI is InChI=1S/C19H23N3OS2/c1-13-18(22-9-8-20-14(12-22)7-10-23-2)15-11-21-16-5-3-4-6-17(16)25-19(15)24-13/h3-6,11,14,20H,7-10,12H2,1-2H3/t14-/m0/s1. The minimum absolute atomic E-state index is 0.483. The van der Waals surface area contributed by atoms with Gasteiger partial charge in [0.15, 0.2) is 0 Å². The van der Waals surface area contributed by atoms with Crippen LogP contribution in [0.4, 0.5) is 11.4 Å². The molecule has 1 aromatic heterocycles. The molecule has 4 nitrogen and oxygen atoms in total. The first-order valence-corrected chi connectivity index (χ1v) is 10.3. The lowest BCUT2D eigenvalue weighted by Gasteiger charge is -2.35. The molecule has 1 aromatic carbocycles. The van der Waals surface area contributed by atoms with E-state index in [2.05, 4.69) is 47.6 Å². The van der Waals surface area contributed by atoms with Crippen LogP contribution in [0.25, 0.3) is 0 Å². The smallest absolute Gasteiger partial charge is 0.0769 e. The third-order valence-corrected chi connectivity index (χ3v) is 7.07. The number of piperazine rings is 1. The Morgan fingerprint density at radius 1 is 1.36 bits per heavy atom. The molecule has 0 unspecified atom stereocenters. The molecule has 0 bridgehead atoms. The van der Waals surface area contributed by atoms with Crippen molar-refractivity contribution in [1.29, 1.82) is 0 Å². The summed E-state index contributed by atoms with van der Waals surface area (Å²) >= 11 is 3.74. The molecule has 0 aliphatic carbocycles. The van der Waals surface area contributed by atoms with Crippen LogP contribution in [0.2, 0.25) is 0 Å². The number of hydrogen-bond donors (Lipinski definition) is 1. The summed E-state index contributed by atoms with van der Waals surface area (Å²) in [4.78, 5) is 9.92. The van der Waals surface area contributed by atoms with Gasteiger partial charge in [0, 0.05) is 60.9 Å². The lowest BCUT2D eigenvalue weighted by Crippen LogP contribution is -2.51. The quantitative estimate of drug-likeness (QED) is 0.747. The van der Waals surface area contributed by atoms with Crippen LogP contribution in [0.5, 0.6) is 0 Å². The lowest BCUT2D eigenvalue weighted by atomic mass is 10.1. The summed E-state index contributed by atoms with van der Waals surface area (Å²) in [5.74, 6) is 0. The van der Waals surface area contributed by atoms with E-state index in [4.69, 9.17) is 9.73 Å². The highest BCUT2D eigenvalue weighted by Gasteiger charge is 2.26. The molecule has 2 aromatic rings. The Morgan fingerprint density at radius 2 is 2.24 bits per heavy atom. The van der Waals surface area contributed by atoms with Crippen LogP contribution in [0.1, 0.15) is 16.9 Å². The average molecular weight is 374 g/mol. The molecule has 3 heterocycles. The highest BCUT2D eigenvalue weighted by molar-refractivity contribution is 8.01. The van der Waals surface area contributed by atoms with Gasteiger partial charge < -0.3 is 15.0 Å². The molecule has 1 N–H and O–H groups in total. The zero-order valence-corrected chi connectivity index (χ0v) is 16.3. The van der Waals surface area contributed by atoms with Gasteiger partial charge in [-0.3, -0.25) is 4.99 Å². The predicted octanol–water partition coefficient (Wildman–Crippen LogP) is 4.09. The summed E-state index contributed by atoms with van der Waals surface area (Å²) in [5.41, 5.74) is 3.72. The molecule has 0 radical (unpaired) electrons. The highest BCUT2D eigenvalue weighted by atomic mass is 32.2. The summed E-state index contributed by atoms with van der Waals surface area (Å²) < 4.78 is 6.61. The third-order valence-electron chi connectivity index (χ3n) is 4.70. The van der Waals surface area contributed by atoms with Crippen molar-refractivity contribution >= 4 is 40.7 Å². The molecule has 6 heteroatoms. The number of nitrogens with zero attached hydrogens (tertiary/aromatic N) is 2. The fourth-order valence-electron chi connectivity index (χ4n) is 3.48. The molecule has 4 rings (SSSR count). The molecule has 1 saturated heterocycles. The van der Waals surface area contributed by atoms with Crippen LogP contribution in [0.3, 0.4) is 0 Å². The van der Waals surface area contributed by atoms with Crippen LogP contribution in [0.15, 0.2) is 38.4 Å². The highest BCUT2D eigenvalue weighted by Crippen LogP contribution is 2.47. The molecule has 0 spiro atoms. The second-order valence-corrected chi connectivity index (χ2v) is 8.95. The van der Waals surface area contributed by atoms with Crippen molar-refractivity contribution in [3.8, 4) is 0 Å². The zero-order valence-electron chi connectivity index (χ0n) is 14.6. The summed E-state index contributed by atoms with van der Waals surface area (Å²) in [6.07, 6.45) is 3.12. The Balaban J connectivity index is 1.63. The van der Waals surface area contributed by atoms with Crippen molar-refractivity contribution in [3.05, 3.63) is 34.7 Å². The fourth-order valence-corrected chi connectivity index (χ4v) is 5.99. The van der Waals surface area contributed by atoms with Gasteiger partial charge >= 0.3 is 0 Å². The van der Waals surface area contributed by atoms with E-state index in [0.29, 0.717) is 6.04 Å². The van der Waals surface area contributed by atoms with E-state index in [0.717, 1.165) is 38.3 Å². The molecule has 2 aliphatic rings. The number of anilines is 1. The Labute approximate surface area is 157 Å². The predicted molar refractivity (Wildman–Crippen MR) is 107 cm³/mol. The van der Waals surface area contributed by atoms with Crippen LogP contribution < -0.4 is 10.2 Å². The van der Waals surface area contributed by atoms with Gasteiger partial charge in [0.2, 0.25) is 0 Å². The lowest BCUT2D eigenvalue weighted by molar-refractivity contribution is 0.181. The molecule has 1 fully saturated rings. The molecule has 0 saturated carbocycles. The zero-order chi connectivity index (χ0) is 17.2. The first-order valence-electron chi connectivity index (χ1n) is 8.68. The van der Waals surface area contributed by atoms with E-state index in [1.165, 1.54) is 25.2 Å². The second kappa shape index (κ2) is 7.50. The number of rotatable bonds is 4. The number of hydrogen-bond acceptors (Lipinski definition) is 6. The van der Waals surface area contributed by atoms with Gasteiger partial charge in [-0.25, -0.2) is 0 Å². The van der Waals surface area contributed by atoms with Crippen molar-refractivity contribution in [3.63, 3.8) is 0 Å². The molecular formula is C19H23N3OS2. The van der Waals surface area contributed by atoms with Crippen molar-refractivity contribution in [2.75, 3.05) is 38.3 Å². The number of aliphatic imine (C=N–C) groups is 1. The number of thiophene rings is 1. The van der Waals surface area contributed by atoms with Crippen LogP contribution in [-0.2, 0) is 4.74 Å². The first kappa shape index (κ1) is 17.1.